The number of carbonyl (C=O) groups is 1. The maximum absolute atomic E-state index is 12.2. The Bertz CT molecular complexity index is 907. The standard InChI is InChI=1S/C18H22N6O3/c1-26-13-4-5-15-14(8-13)22-18(27-15)24-6-2-3-12(10-24)7-17(25)19-9-16-20-11-21-23-16/h4-5,8,11-12H,2-3,6-7,9-10H2,1H3,(H,19,25)(H,20,21,23). The molecule has 3 heterocycles. The van der Waals surface area contributed by atoms with Crippen LogP contribution in [0.1, 0.15) is 25.1 Å². The fraction of sp³-hybridized carbons (Fsp3) is 0.444. The molecule has 2 N–H and O–H groups in total. The van der Waals surface area contributed by atoms with Gasteiger partial charge in [0, 0.05) is 25.6 Å². The van der Waals surface area contributed by atoms with Crippen LogP contribution in [0.5, 0.6) is 5.75 Å². The highest BCUT2D eigenvalue weighted by Gasteiger charge is 2.25. The van der Waals surface area contributed by atoms with E-state index >= 15 is 0 Å². The summed E-state index contributed by atoms with van der Waals surface area (Å²) in [5.74, 6) is 1.68. The molecule has 0 radical (unpaired) electrons. The van der Waals surface area contributed by atoms with Crippen LogP contribution in [0, 0.1) is 5.92 Å². The minimum absolute atomic E-state index is 0.0144. The normalized spacial score (nSPS) is 17.2. The number of methoxy groups -OCH3 is 1. The van der Waals surface area contributed by atoms with Crippen LogP contribution < -0.4 is 15.0 Å². The van der Waals surface area contributed by atoms with E-state index in [1.54, 1.807) is 7.11 Å². The van der Waals surface area contributed by atoms with E-state index in [2.05, 4.69) is 30.4 Å². The number of carbonyl (C=O) groups excluding carboxylic acids is 1. The third kappa shape index (κ3) is 4.02. The van der Waals surface area contributed by atoms with Crippen LogP contribution in [0.4, 0.5) is 6.01 Å². The van der Waals surface area contributed by atoms with E-state index in [0.29, 0.717) is 24.8 Å². The summed E-state index contributed by atoms with van der Waals surface area (Å²) in [5.41, 5.74) is 1.51. The van der Waals surface area contributed by atoms with Crippen molar-refractivity contribution < 1.29 is 13.9 Å². The molecule has 0 aliphatic carbocycles. The maximum Gasteiger partial charge on any atom is 0.298 e. The van der Waals surface area contributed by atoms with Crippen LogP contribution in [-0.4, -0.2) is 46.3 Å². The second-order valence-corrected chi connectivity index (χ2v) is 6.70. The summed E-state index contributed by atoms with van der Waals surface area (Å²) in [6.07, 6.45) is 3.91. The summed E-state index contributed by atoms with van der Waals surface area (Å²) in [7, 11) is 1.63. The number of hydrogen-bond acceptors (Lipinski definition) is 7. The van der Waals surface area contributed by atoms with E-state index in [0.717, 1.165) is 42.8 Å². The molecule has 1 unspecified atom stereocenters. The first-order valence-electron chi connectivity index (χ1n) is 9.02. The van der Waals surface area contributed by atoms with Gasteiger partial charge in [-0.25, -0.2) is 4.98 Å². The monoisotopic (exact) mass is 370 g/mol. The van der Waals surface area contributed by atoms with E-state index in [1.165, 1.54) is 6.33 Å². The first-order chi connectivity index (χ1) is 13.2. The third-order valence-corrected chi connectivity index (χ3v) is 4.76. The topological polar surface area (TPSA) is 109 Å². The molecule has 1 atom stereocenters. The first-order valence-corrected chi connectivity index (χ1v) is 9.02. The van der Waals surface area contributed by atoms with Gasteiger partial charge in [-0.1, -0.05) is 0 Å². The molecule has 27 heavy (non-hydrogen) atoms. The number of rotatable bonds is 6. The number of oxazole rings is 1. The van der Waals surface area contributed by atoms with E-state index in [9.17, 15) is 4.79 Å². The quantitative estimate of drug-likeness (QED) is 0.682. The third-order valence-electron chi connectivity index (χ3n) is 4.76. The lowest BCUT2D eigenvalue weighted by Gasteiger charge is -2.31. The zero-order chi connectivity index (χ0) is 18.6. The van der Waals surface area contributed by atoms with Crippen molar-refractivity contribution >= 4 is 23.0 Å². The second kappa shape index (κ2) is 7.65. The van der Waals surface area contributed by atoms with Crippen LogP contribution in [0.25, 0.3) is 11.1 Å². The molecule has 1 aliphatic rings. The number of piperidine rings is 1. The fourth-order valence-corrected chi connectivity index (χ4v) is 3.40. The van der Waals surface area contributed by atoms with Crippen LogP contribution in [-0.2, 0) is 11.3 Å². The largest absolute Gasteiger partial charge is 0.497 e. The van der Waals surface area contributed by atoms with Gasteiger partial charge in [0.2, 0.25) is 5.91 Å². The molecule has 1 aromatic carbocycles. The zero-order valence-electron chi connectivity index (χ0n) is 15.1. The highest BCUT2D eigenvalue weighted by atomic mass is 16.5. The Labute approximate surface area is 156 Å². The smallest absolute Gasteiger partial charge is 0.298 e. The molecule has 3 aromatic rings. The number of hydrogen-bond donors (Lipinski definition) is 2. The van der Waals surface area contributed by atoms with Gasteiger partial charge in [-0.2, -0.15) is 10.1 Å². The highest BCUT2D eigenvalue weighted by Crippen LogP contribution is 2.29. The van der Waals surface area contributed by atoms with Crippen LogP contribution in [0.3, 0.4) is 0 Å². The van der Waals surface area contributed by atoms with Crippen molar-refractivity contribution in [1.82, 2.24) is 25.5 Å². The molecule has 0 saturated carbocycles. The Kier molecular flexibility index (Phi) is 4.91. The number of aromatic nitrogens is 4. The molecule has 2 aromatic heterocycles. The van der Waals surface area contributed by atoms with Crippen molar-refractivity contribution in [3.8, 4) is 5.75 Å². The second-order valence-electron chi connectivity index (χ2n) is 6.70. The molecular formula is C18H22N6O3. The SMILES string of the molecule is COc1ccc2oc(N3CCCC(CC(=O)NCc4ncn[nH]4)C3)nc2c1. The number of fused-ring (bicyclic) bond motifs is 1. The molecule has 0 spiro atoms. The average molecular weight is 370 g/mol. The van der Waals surface area contributed by atoms with Crippen molar-refractivity contribution in [1.29, 1.82) is 0 Å². The fourth-order valence-electron chi connectivity index (χ4n) is 3.40. The van der Waals surface area contributed by atoms with Gasteiger partial charge in [-0.05, 0) is 30.9 Å². The number of benzene rings is 1. The summed E-state index contributed by atoms with van der Waals surface area (Å²) in [4.78, 5) is 22.9. The molecule has 1 aliphatic heterocycles. The molecular weight excluding hydrogens is 348 g/mol. The van der Waals surface area contributed by atoms with Gasteiger partial charge in [0.05, 0.1) is 13.7 Å². The lowest BCUT2D eigenvalue weighted by molar-refractivity contribution is -0.122. The molecule has 1 amide bonds. The van der Waals surface area contributed by atoms with E-state index in [1.807, 2.05) is 18.2 Å². The minimum atomic E-state index is 0.0144. The number of anilines is 1. The van der Waals surface area contributed by atoms with Gasteiger partial charge in [-0.15, -0.1) is 0 Å². The van der Waals surface area contributed by atoms with Crippen molar-refractivity contribution in [2.24, 2.45) is 5.92 Å². The van der Waals surface area contributed by atoms with Crippen LogP contribution in [0.2, 0.25) is 0 Å². The molecule has 9 nitrogen and oxygen atoms in total. The number of nitrogens with zero attached hydrogens (tertiary/aromatic N) is 4. The van der Waals surface area contributed by atoms with Crippen molar-refractivity contribution in [2.45, 2.75) is 25.8 Å². The Balaban J connectivity index is 1.36. The number of amides is 1. The van der Waals surface area contributed by atoms with Crippen molar-refractivity contribution in [2.75, 3.05) is 25.1 Å². The van der Waals surface area contributed by atoms with E-state index in [4.69, 9.17) is 9.15 Å². The summed E-state index contributed by atoms with van der Waals surface area (Å²) in [5, 5.41) is 9.38. The predicted molar refractivity (Wildman–Crippen MR) is 98.3 cm³/mol. The lowest BCUT2D eigenvalue weighted by Crippen LogP contribution is -2.38. The Morgan fingerprint density at radius 3 is 3.22 bits per heavy atom. The minimum Gasteiger partial charge on any atom is -0.497 e. The van der Waals surface area contributed by atoms with Gasteiger partial charge in [-0.3, -0.25) is 9.89 Å². The first kappa shape index (κ1) is 17.3. The molecule has 1 fully saturated rings. The van der Waals surface area contributed by atoms with E-state index < -0.39 is 0 Å². The number of ether oxygens (including phenoxy) is 1. The molecule has 1 saturated heterocycles. The van der Waals surface area contributed by atoms with E-state index in [-0.39, 0.29) is 11.8 Å². The molecule has 0 bridgehead atoms. The maximum atomic E-state index is 12.2. The van der Waals surface area contributed by atoms with Gasteiger partial charge in [0.1, 0.15) is 23.4 Å². The summed E-state index contributed by atoms with van der Waals surface area (Å²) >= 11 is 0. The van der Waals surface area contributed by atoms with Crippen LogP contribution in [0.15, 0.2) is 28.9 Å². The summed E-state index contributed by atoms with van der Waals surface area (Å²) in [6, 6.07) is 6.18. The molecule has 4 rings (SSSR count). The van der Waals surface area contributed by atoms with Crippen molar-refractivity contribution in [3.63, 3.8) is 0 Å². The van der Waals surface area contributed by atoms with Crippen molar-refractivity contribution in [3.05, 3.63) is 30.4 Å². The Morgan fingerprint density at radius 1 is 1.48 bits per heavy atom. The Morgan fingerprint density at radius 2 is 2.41 bits per heavy atom. The number of aromatic amines is 1. The predicted octanol–water partition coefficient (Wildman–Crippen LogP) is 1.88. The zero-order valence-corrected chi connectivity index (χ0v) is 15.1. The van der Waals surface area contributed by atoms with Gasteiger partial charge < -0.3 is 19.4 Å². The number of nitrogens with one attached hydrogen (secondary N) is 2. The summed E-state index contributed by atoms with van der Waals surface area (Å²) in [6.45, 7) is 1.99. The highest BCUT2D eigenvalue weighted by molar-refractivity contribution is 5.77. The molecule has 142 valence electrons. The van der Waals surface area contributed by atoms with Gasteiger partial charge >= 0.3 is 0 Å². The summed E-state index contributed by atoms with van der Waals surface area (Å²) < 4.78 is 11.1. The lowest BCUT2D eigenvalue weighted by atomic mass is 9.94. The average Bonchev–Trinajstić information content (AvgIpc) is 3.35. The number of H-pyrrole nitrogens is 1. The van der Waals surface area contributed by atoms with Crippen LogP contribution >= 0.6 is 0 Å². The molecule has 9 heteroatoms. The Hall–Kier alpha value is -3.10. The van der Waals surface area contributed by atoms with Gasteiger partial charge in [0.25, 0.3) is 6.01 Å². The van der Waals surface area contributed by atoms with Gasteiger partial charge in [0.15, 0.2) is 5.58 Å².